The van der Waals surface area contributed by atoms with Gasteiger partial charge in [-0.05, 0) is 37.3 Å². The van der Waals surface area contributed by atoms with Crippen molar-refractivity contribution in [1.82, 2.24) is 0 Å². The van der Waals surface area contributed by atoms with Gasteiger partial charge in [-0.25, -0.2) is 0 Å². The van der Waals surface area contributed by atoms with Gasteiger partial charge in [-0.3, -0.25) is 0 Å². The molecule has 49 heavy (non-hydrogen) atoms. The lowest BCUT2D eigenvalue weighted by molar-refractivity contribution is -0.0600. The molecule has 0 radical (unpaired) electrons. The molecule has 0 aliphatic carbocycles. The Balaban J connectivity index is 2.10. The van der Waals surface area contributed by atoms with Crippen LogP contribution < -0.4 is 0 Å². The Morgan fingerprint density at radius 2 is 0.857 bits per heavy atom. The number of rotatable bonds is 36. The van der Waals surface area contributed by atoms with E-state index in [9.17, 15) is 10.2 Å². The zero-order valence-corrected chi connectivity index (χ0v) is 33.9. The number of aliphatic hydroxyl groups is 2. The summed E-state index contributed by atoms with van der Waals surface area (Å²) < 4.78 is 17.7. The van der Waals surface area contributed by atoms with E-state index in [4.69, 9.17) is 38.6 Å². The summed E-state index contributed by atoms with van der Waals surface area (Å²) in [4.78, 5) is 0. The zero-order valence-electron chi connectivity index (χ0n) is 32.3. The number of ether oxygens (including phenoxy) is 3. The fourth-order valence-electron chi connectivity index (χ4n) is 6.91. The molecule has 0 spiro atoms. The van der Waals surface area contributed by atoms with Crippen LogP contribution in [0.25, 0.3) is 0 Å². The summed E-state index contributed by atoms with van der Waals surface area (Å²) in [5, 5.41) is 21.6. The Labute approximate surface area is 314 Å². The van der Waals surface area contributed by atoms with Crippen LogP contribution in [-0.4, -0.2) is 57.9 Å². The van der Waals surface area contributed by atoms with Crippen LogP contribution in [0.1, 0.15) is 219 Å². The van der Waals surface area contributed by atoms with Gasteiger partial charge in [-0.2, -0.15) is 0 Å². The van der Waals surface area contributed by atoms with Crippen molar-refractivity contribution >= 4 is 34.5 Å². The minimum atomic E-state index is -1.02. The standard InChI is InChI=1S/C42H80O5S2/c1-3-5-7-9-11-13-15-17-19-21-23-25-27-29-31-33-39(48)45-36-38(42-41(44)37(43)35-46-42)47-40(49)34-32-30-28-26-24-22-20-18-16-14-12-10-8-6-4-2/h37-38,41-44H,3-36H2,1-2H3/t37-,38+,41+,42+/m0/s1. The second kappa shape index (κ2) is 34.7. The van der Waals surface area contributed by atoms with Crippen LogP contribution in [0.3, 0.4) is 0 Å². The van der Waals surface area contributed by atoms with Crippen LogP contribution in [0.5, 0.6) is 0 Å². The van der Waals surface area contributed by atoms with Gasteiger partial charge in [0.1, 0.15) is 24.9 Å². The maximum absolute atomic E-state index is 10.5. The van der Waals surface area contributed by atoms with E-state index < -0.39 is 24.4 Å². The second-order valence-corrected chi connectivity index (χ2v) is 15.9. The monoisotopic (exact) mass is 729 g/mol. The molecule has 0 aromatic heterocycles. The van der Waals surface area contributed by atoms with Gasteiger partial charge in [0.25, 0.3) is 0 Å². The summed E-state index contributed by atoms with van der Waals surface area (Å²) in [6.45, 7) is 4.82. The van der Waals surface area contributed by atoms with E-state index in [0.717, 1.165) is 25.7 Å². The lowest BCUT2D eigenvalue weighted by atomic mass is 10.0. The molecule has 4 atom stereocenters. The van der Waals surface area contributed by atoms with Crippen molar-refractivity contribution in [2.45, 2.75) is 244 Å². The molecule has 1 rings (SSSR count). The summed E-state index contributed by atoms with van der Waals surface area (Å²) in [6.07, 6.45) is 38.2. The van der Waals surface area contributed by atoms with Gasteiger partial charge in [0.2, 0.25) is 0 Å². The average molecular weight is 729 g/mol. The molecule has 1 fully saturated rings. The molecule has 0 aromatic rings. The Hall–Kier alpha value is -0.340. The quantitative estimate of drug-likeness (QED) is 0.0492. The number of hydrogen-bond donors (Lipinski definition) is 2. The molecule has 5 nitrogen and oxygen atoms in total. The predicted octanol–water partition coefficient (Wildman–Crippen LogP) is 12.7. The first kappa shape index (κ1) is 46.7. The predicted molar refractivity (Wildman–Crippen MR) is 217 cm³/mol. The van der Waals surface area contributed by atoms with Crippen LogP contribution in [0.2, 0.25) is 0 Å². The highest BCUT2D eigenvalue weighted by Crippen LogP contribution is 2.22. The average Bonchev–Trinajstić information content (AvgIpc) is 3.43. The van der Waals surface area contributed by atoms with Crippen molar-refractivity contribution in [2.75, 3.05) is 13.2 Å². The van der Waals surface area contributed by atoms with Gasteiger partial charge in [-0.15, -0.1) is 0 Å². The number of thiocarbonyl (C=S) groups is 2. The van der Waals surface area contributed by atoms with Gasteiger partial charge in [0, 0.05) is 12.8 Å². The minimum Gasteiger partial charge on any atom is -0.483 e. The zero-order chi connectivity index (χ0) is 35.6. The van der Waals surface area contributed by atoms with Crippen LogP contribution in [0, 0.1) is 0 Å². The molecule has 0 amide bonds. The highest BCUT2D eigenvalue weighted by Gasteiger charge is 2.41. The lowest BCUT2D eigenvalue weighted by Crippen LogP contribution is -2.43. The summed E-state index contributed by atoms with van der Waals surface area (Å²) in [5.74, 6) is 0. The molecule has 0 saturated carbocycles. The van der Waals surface area contributed by atoms with Gasteiger partial charge in [-0.1, -0.05) is 194 Å². The maximum atomic E-state index is 10.5. The van der Waals surface area contributed by atoms with Gasteiger partial charge < -0.3 is 24.4 Å². The second-order valence-electron chi connectivity index (χ2n) is 15.0. The molecule has 7 heteroatoms. The Bertz CT molecular complexity index is 751. The Morgan fingerprint density at radius 3 is 1.18 bits per heavy atom. The summed E-state index contributed by atoms with van der Waals surface area (Å²) >= 11 is 11.1. The van der Waals surface area contributed by atoms with Crippen molar-refractivity contribution in [2.24, 2.45) is 0 Å². The van der Waals surface area contributed by atoms with Gasteiger partial charge in [0.15, 0.2) is 16.2 Å². The molecular weight excluding hydrogens is 649 g/mol. The molecule has 1 aliphatic rings. The first-order valence-electron chi connectivity index (χ1n) is 21.3. The Morgan fingerprint density at radius 1 is 0.531 bits per heavy atom. The molecule has 1 aliphatic heterocycles. The third-order valence-corrected chi connectivity index (χ3v) is 10.8. The smallest absolute Gasteiger partial charge is 0.162 e. The first-order valence-corrected chi connectivity index (χ1v) is 22.1. The van der Waals surface area contributed by atoms with Crippen molar-refractivity contribution in [3.8, 4) is 0 Å². The molecule has 2 N–H and O–H groups in total. The van der Waals surface area contributed by atoms with Crippen molar-refractivity contribution in [1.29, 1.82) is 0 Å². The van der Waals surface area contributed by atoms with E-state index in [1.54, 1.807) is 0 Å². The molecule has 0 bridgehead atoms. The van der Waals surface area contributed by atoms with E-state index in [-0.39, 0.29) is 13.2 Å². The van der Waals surface area contributed by atoms with E-state index >= 15 is 0 Å². The summed E-state index contributed by atoms with van der Waals surface area (Å²) in [7, 11) is 0. The highest BCUT2D eigenvalue weighted by atomic mass is 32.1. The highest BCUT2D eigenvalue weighted by molar-refractivity contribution is 7.80. The largest absolute Gasteiger partial charge is 0.483 e. The minimum absolute atomic E-state index is 0.0844. The van der Waals surface area contributed by atoms with E-state index in [2.05, 4.69) is 13.8 Å². The van der Waals surface area contributed by atoms with Crippen LogP contribution in [0.15, 0.2) is 0 Å². The summed E-state index contributed by atoms with van der Waals surface area (Å²) in [5.41, 5.74) is 0. The Kier molecular flexibility index (Phi) is 33.1. The maximum Gasteiger partial charge on any atom is 0.162 e. The fourth-order valence-corrected chi connectivity index (χ4v) is 7.39. The van der Waals surface area contributed by atoms with Gasteiger partial charge >= 0.3 is 0 Å². The number of aliphatic hydroxyl groups excluding tert-OH is 2. The topological polar surface area (TPSA) is 68.2 Å². The lowest BCUT2D eigenvalue weighted by Gasteiger charge is -2.27. The number of unbranched alkanes of at least 4 members (excludes halogenated alkanes) is 28. The van der Waals surface area contributed by atoms with Crippen molar-refractivity contribution < 1.29 is 24.4 Å². The molecule has 1 saturated heterocycles. The molecule has 0 unspecified atom stereocenters. The van der Waals surface area contributed by atoms with Gasteiger partial charge in [0.05, 0.1) is 6.61 Å². The third-order valence-electron chi connectivity index (χ3n) is 10.2. The van der Waals surface area contributed by atoms with Crippen LogP contribution >= 0.6 is 24.4 Å². The van der Waals surface area contributed by atoms with Crippen LogP contribution in [0.4, 0.5) is 0 Å². The van der Waals surface area contributed by atoms with E-state index in [1.807, 2.05) is 0 Å². The van der Waals surface area contributed by atoms with E-state index in [1.165, 1.54) is 173 Å². The van der Waals surface area contributed by atoms with Crippen molar-refractivity contribution in [3.05, 3.63) is 0 Å². The molecule has 290 valence electrons. The number of hydrogen-bond acceptors (Lipinski definition) is 7. The third kappa shape index (κ3) is 27.9. The van der Waals surface area contributed by atoms with E-state index in [0.29, 0.717) is 16.5 Å². The van der Waals surface area contributed by atoms with Crippen molar-refractivity contribution in [3.63, 3.8) is 0 Å². The SMILES string of the molecule is CCCCCCCCCCCCCCCCCC(=S)OC[C@@H](OC(=S)CCCCCCCCCCCCCCCCC)[C@H]1OC[C@H](O)[C@H]1O. The normalized spacial score (nSPS) is 18.2. The molecule has 1 heterocycles. The summed E-state index contributed by atoms with van der Waals surface area (Å²) in [6, 6.07) is 0. The molecule has 0 aromatic carbocycles. The van der Waals surface area contributed by atoms with Crippen LogP contribution in [-0.2, 0) is 14.2 Å². The fraction of sp³-hybridized carbons (Fsp3) is 0.952. The first-order chi connectivity index (χ1) is 24.0. The molecular formula is C42H80O5S2.